The number of β-amino-alcohol motifs (C(OH)–C–C–N with tert-alkyl or cyclic N) is 1. The molecule has 0 amide bonds. The number of hydrogen-bond donors (Lipinski definition) is 2. The number of fused-ring (bicyclic) bond motifs is 1. The highest BCUT2D eigenvalue weighted by atomic mass is 16.3. The first-order chi connectivity index (χ1) is 10.2. The minimum absolute atomic E-state index is 0.463. The van der Waals surface area contributed by atoms with E-state index < -0.39 is 6.10 Å². The molecule has 1 aromatic heterocycles. The highest BCUT2D eigenvalue weighted by molar-refractivity contribution is 5.54. The lowest BCUT2D eigenvalue weighted by Crippen LogP contribution is -2.35. The molecular weight excluding hydrogens is 264 g/mol. The van der Waals surface area contributed by atoms with Crippen LogP contribution < -0.4 is 10.6 Å². The Bertz CT molecular complexity index is 595. The van der Waals surface area contributed by atoms with Gasteiger partial charge in [0.05, 0.1) is 24.5 Å². The molecular formula is C16H22N4O. The van der Waals surface area contributed by atoms with E-state index >= 15 is 0 Å². The van der Waals surface area contributed by atoms with E-state index in [-0.39, 0.29) is 0 Å². The molecule has 21 heavy (non-hydrogen) atoms. The van der Waals surface area contributed by atoms with Crippen molar-refractivity contribution >= 4 is 11.4 Å². The minimum atomic E-state index is -0.463. The Kier molecular flexibility index (Phi) is 4.10. The number of aromatic nitrogens is 2. The standard InChI is InChI=1S/C16H22N4O/c17-14-9-18-20(10-14)12-15(21)11-19-8-4-3-6-13-5-1-2-7-16(13)19/h1-2,5,7,9-10,15,21H,3-4,6,8,11-12,17H2. The van der Waals surface area contributed by atoms with Crippen LogP contribution >= 0.6 is 0 Å². The van der Waals surface area contributed by atoms with Crippen LogP contribution in [0.3, 0.4) is 0 Å². The van der Waals surface area contributed by atoms with Gasteiger partial charge in [0.2, 0.25) is 0 Å². The van der Waals surface area contributed by atoms with Gasteiger partial charge in [0.1, 0.15) is 0 Å². The third-order valence-corrected chi connectivity index (χ3v) is 3.94. The van der Waals surface area contributed by atoms with Crippen LogP contribution in [-0.4, -0.2) is 34.1 Å². The summed E-state index contributed by atoms with van der Waals surface area (Å²) in [6.07, 6.45) is 6.39. The van der Waals surface area contributed by atoms with Crippen LogP contribution in [-0.2, 0) is 13.0 Å². The van der Waals surface area contributed by atoms with Gasteiger partial charge in [-0.05, 0) is 30.9 Å². The maximum atomic E-state index is 10.3. The van der Waals surface area contributed by atoms with E-state index in [0.717, 1.165) is 19.4 Å². The fraction of sp³-hybridized carbons (Fsp3) is 0.438. The molecule has 3 rings (SSSR count). The second-order valence-electron chi connectivity index (χ2n) is 5.68. The second kappa shape index (κ2) is 6.18. The highest BCUT2D eigenvalue weighted by Gasteiger charge is 2.18. The van der Waals surface area contributed by atoms with Crippen LogP contribution in [0.1, 0.15) is 18.4 Å². The molecule has 2 aromatic rings. The van der Waals surface area contributed by atoms with Crippen molar-refractivity contribution in [3.05, 3.63) is 42.2 Å². The van der Waals surface area contributed by atoms with Gasteiger partial charge in [-0.1, -0.05) is 18.2 Å². The maximum Gasteiger partial charge on any atom is 0.0910 e. The molecule has 0 bridgehead atoms. The van der Waals surface area contributed by atoms with Gasteiger partial charge in [0, 0.05) is 25.0 Å². The zero-order valence-electron chi connectivity index (χ0n) is 12.2. The lowest BCUT2D eigenvalue weighted by atomic mass is 10.1. The molecule has 112 valence electrons. The van der Waals surface area contributed by atoms with E-state index in [1.807, 2.05) is 0 Å². The first-order valence-electron chi connectivity index (χ1n) is 7.51. The van der Waals surface area contributed by atoms with Crippen LogP contribution in [0, 0.1) is 0 Å². The number of nitrogens with zero attached hydrogens (tertiary/aromatic N) is 3. The smallest absolute Gasteiger partial charge is 0.0910 e. The molecule has 0 radical (unpaired) electrons. The summed E-state index contributed by atoms with van der Waals surface area (Å²) >= 11 is 0. The average molecular weight is 286 g/mol. The normalized spacial score (nSPS) is 16.3. The number of aryl methyl sites for hydroxylation is 1. The van der Waals surface area contributed by atoms with E-state index in [1.165, 1.54) is 17.7 Å². The Morgan fingerprint density at radius 3 is 2.90 bits per heavy atom. The lowest BCUT2D eigenvalue weighted by Gasteiger charge is -2.27. The number of hydrogen-bond acceptors (Lipinski definition) is 4. The molecule has 0 spiro atoms. The summed E-state index contributed by atoms with van der Waals surface area (Å²) in [4.78, 5) is 2.29. The highest BCUT2D eigenvalue weighted by Crippen LogP contribution is 2.26. The summed E-state index contributed by atoms with van der Waals surface area (Å²) in [7, 11) is 0. The zero-order chi connectivity index (χ0) is 14.7. The largest absolute Gasteiger partial charge is 0.396 e. The van der Waals surface area contributed by atoms with Gasteiger partial charge in [-0.3, -0.25) is 4.68 Å². The first-order valence-corrected chi connectivity index (χ1v) is 7.51. The fourth-order valence-corrected chi connectivity index (χ4v) is 2.97. The molecule has 1 aromatic carbocycles. The quantitative estimate of drug-likeness (QED) is 0.897. The van der Waals surface area contributed by atoms with Gasteiger partial charge < -0.3 is 15.7 Å². The Hall–Kier alpha value is -2.01. The molecule has 0 saturated carbocycles. The van der Waals surface area contributed by atoms with E-state index in [1.54, 1.807) is 17.1 Å². The number of benzene rings is 1. The molecule has 2 heterocycles. The minimum Gasteiger partial charge on any atom is -0.396 e. The van der Waals surface area contributed by atoms with Crippen molar-refractivity contribution in [3.8, 4) is 0 Å². The third kappa shape index (κ3) is 3.36. The van der Waals surface area contributed by atoms with Crippen molar-refractivity contribution in [2.24, 2.45) is 0 Å². The number of nitrogen functional groups attached to an aromatic ring is 1. The number of aliphatic hydroxyl groups excluding tert-OH is 1. The van der Waals surface area contributed by atoms with Crippen molar-refractivity contribution in [1.29, 1.82) is 0 Å². The van der Waals surface area contributed by atoms with Gasteiger partial charge in [0.15, 0.2) is 0 Å². The molecule has 0 fully saturated rings. The van der Waals surface area contributed by atoms with Gasteiger partial charge >= 0.3 is 0 Å². The monoisotopic (exact) mass is 286 g/mol. The van der Waals surface area contributed by atoms with Crippen LogP contribution in [0.4, 0.5) is 11.4 Å². The predicted octanol–water partition coefficient (Wildman–Crippen LogP) is 1.67. The topological polar surface area (TPSA) is 67.3 Å². The van der Waals surface area contributed by atoms with E-state index in [2.05, 4.69) is 34.3 Å². The van der Waals surface area contributed by atoms with Crippen LogP contribution in [0.15, 0.2) is 36.7 Å². The van der Waals surface area contributed by atoms with Gasteiger partial charge in [0.25, 0.3) is 0 Å². The third-order valence-electron chi connectivity index (χ3n) is 3.94. The summed E-state index contributed by atoms with van der Waals surface area (Å²) in [6, 6.07) is 8.50. The average Bonchev–Trinajstić information content (AvgIpc) is 2.77. The second-order valence-corrected chi connectivity index (χ2v) is 5.68. The Labute approximate surface area is 125 Å². The molecule has 1 aliphatic heterocycles. The molecule has 1 atom stereocenters. The van der Waals surface area contributed by atoms with Crippen molar-refractivity contribution in [1.82, 2.24) is 9.78 Å². The molecule has 3 N–H and O–H groups in total. The SMILES string of the molecule is Nc1cnn(CC(O)CN2CCCCc3ccccc32)c1. The number of anilines is 2. The molecule has 0 aliphatic carbocycles. The number of para-hydroxylation sites is 1. The Morgan fingerprint density at radius 2 is 2.10 bits per heavy atom. The van der Waals surface area contributed by atoms with Gasteiger partial charge in [-0.25, -0.2) is 0 Å². The van der Waals surface area contributed by atoms with Crippen molar-refractivity contribution in [2.45, 2.75) is 31.9 Å². The summed E-state index contributed by atoms with van der Waals surface area (Å²) in [6.45, 7) is 2.09. The maximum absolute atomic E-state index is 10.3. The van der Waals surface area contributed by atoms with E-state index in [9.17, 15) is 5.11 Å². The molecule has 1 unspecified atom stereocenters. The van der Waals surface area contributed by atoms with Crippen molar-refractivity contribution in [2.75, 3.05) is 23.7 Å². The zero-order valence-corrected chi connectivity index (χ0v) is 12.2. The molecule has 0 saturated heterocycles. The molecule has 1 aliphatic rings. The summed E-state index contributed by atoms with van der Waals surface area (Å²) in [5.41, 5.74) is 8.91. The molecule has 5 nitrogen and oxygen atoms in total. The van der Waals surface area contributed by atoms with E-state index in [0.29, 0.717) is 18.8 Å². The van der Waals surface area contributed by atoms with Crippen molar-refractivity contribution in [3.63, 3.8) is 0 Å². The number of rotatable bonds is 4. The van der Waals surface area contributed by atoms with E-state index in [4.69, 9.17) is 5.73 Å². The van der Waals surface area contributed by atoms with Gasteiger partial charge in [-0.2, -0.15) is 5.10 Å². The summed E-state index contributed by atoms with van der Waals surface area (Å²) in [5, 5.41) is 14.5. The van der Waals surface area contributed by atoms with Crippen LogP contribution in [0.2, 0.25) is 0 Å². The first kappa shape index (κ1) is 13.9. The number of nitrogens with two attached hydrogens (primary N) is 1. The Morgan fingerprint density at radius 1 is 1.24 bits per heavy atom. The Balaban J connectivity index is 1.69. The van der Waals surface area contributed by atoms with Crippen molar-refractivity contribution < 1.29 is 5.11 Å². The van der Waals surface area contributed by atoms with Gasteiger partial charge in [-0.15, -0.1) is 0 Å². The summed E-state index contributed by atoms with van der Waals surface area (Å²) < 4.78 is 1.70. The number of aliphatic hydroxyl groups is 1. The molecule has 5 heteroatoms. The predicted molar refractivity (Wildman–Crippen MR) is 84.2 cm³/mol. The summed E-state index contributed by atoms with van der Waals surface area (Å²) in [5.74, 6) is 0. The lowest BCUT2D eigenvalue weighted by molar-refractivity contribution is 0.154. The fourth-order valence-electron chi connectivity index (χ4n) is 2.97. The van der Waals surface area contributed by atoms with Crippen LogP contribution in [0.5, 0.6) is 0 Å². The van der Waals surface area contributed by atoms with Crippen LogP contribution in [0.25, 0.3) is 0 Å².